The number of carbonyl (C=O) groups excluding carboxylic acids is 2. The SMILES string of the molecule is O=C(O)CCCC(NC(=O)c1ccccc1SSc1ccccc1C(=O)NC(CCCC(=O)O)C(=O)O)C(=O)O. The zero-order chi connectivity index (χ0) is 29.7. The van der Waals surface area contributed by atoms with Crippen LogP contribution in [-0.2, 0) is 19.2 Å². The van der Waals surface area contributed by atoms with Gasteiger partial charge in [0, 0.05) is 22.6 Å². The standard InChI is InChI=1S/C26H28N2O10S2/c29-21(30)13-5-9-17(25(35)36)27-23(33)15-7-1-3-11-19(15)39-40-20-12-4-2-8-16(20)24(34)28-18(26(37)38)10-6-14-22(31)32/h1-4,7-8,11-12,17-18H,5-6,9-10,13-14H2,(H,27,33)(H,28,34)(H,29,30)(H,31,32)(H,35,36)(H,37,38). The monoisotopic (exact) mass is 592 g/mol. The van der Waals surface area contributed by atoms with Gasteiger partial charge in [-0.1, -0.05) is 45.9 Å². The predicted octanol–water partition coefficient (Wildman–Crippen LogP) is 3.36. The first-order chi connectivity index (χ1) is 19.0. The van der Waals surface area contributed by atoms with Crippen molar-refractivity contribution in [3.63, 3.8) is 0 Å². The van der Waals surface area contributed by atoms with Crippen LogP contribution in [0.4, 0.5) is 0 Å². The van der Waals surface area contributed by atoms with Crippen molar-refractivity contribution in [2.45, 2.75) is 60.4 Å². The number of rotatable bonds is 17. The van der Waals surface area contributed by atoms with Gasteiger partial charge in [0.15, 0.2) is 0 Å². The third-order valence-electron chi connectivity index (χ3n) is 5.46. The van der Waals surface area contributed by atoms with Gasteiger partial charge in [-0.3, -0.25) is 19.2 Å². The molecular formula is C26H28N2O10S2. The van der Waals surface area contributed by atoms with Gasteiger partial charge in [-0.2, -0.15) is 0 Å². The van der Waals surface area contributed by atoms with Gasteiger partial charge in [0.25, 0.3) is 11.8 Å². The predicted molar refractivity (Wildman–Crippen MR) is 145 cm³/mol. The first-order valence-corrected chi connectivity index (χ1v) is 14.2. The summed E-state index contributed by atoms with van der Waals surface area (Å²) >= 11 is 0. The fourth-order valence-electron chi connectivity index (χ4n) is 3.45. The summed E-state index contributed by atoms with van der Waals surface area (Å²) < 4.78 is 0. The summed E-state index contributed by atoms with van der Waals surface area (Å²) in [6.45, 7) is 0. The molecule has 0 saturated heterocycles. The van der Waals surface area contributed by atoms with Gasteiger partial charge in [-0.15, -0.1) is 0 Å². The minimum atomic E-state index is -1.29. The van der Waals surface area contributed by atoms with Gasteiger partial charge in [0.05, 0.1) is 11.1 Å². The van der Waals surface area contributed by atoms with Crippen molar-refractivity contribution in [3.8, 4) is 0 Å². The number of carbonyl (C=O) groups is 6. The number of nitrogens with one attached hydrogen (secondary N) is 2. The zero-order valence-corrected chi connectivity index (χ0v) is 22.7. The lowest BCUT2D eigenvalue weighted by Gasteiger charge is -2.16. The van der Waals surface area contributed by atoms with Crippen LogP contribution in [0.1, 0.15) is 59.2 Å². The van der Waals surface area contributed by atoms with Crippen LogP contribution in [-0.4, -0.2) is 68.2 Å². The molecule has 0 aliphatic heterocycles. The number of carboxylic acids is 4. The summed E-state index contributed by atoms with van der Waals surface area (Å²) in [5.74, 6) is -6.05. The van der Waals surface area contributed by atoms with Crippen LogP contribution < -0.4 is 10.6 Å². The Morgan fingerprint density at radius 3 is 1.27 bits per heavy atom. The summed E-state index contributed by atoms with van der Waals surface area (Å²) in [4.78, 5) is 71.4. The van der Waals surface area contributed by atoms with E-state index in [1.54, 1.807) is 36.4 Å². The Balaban J connectivity index is 2.13. The second kappa shape index (κ2) is 16.2. The lowest BCUT2D eigenvalue weighted by molar-refractivity contribution is -0.141. The van der Waals surface area contributed by atoms with E-state index in [0.29, 0.717) is 9.79 Å². The molecule has 2 amide bonds. The van der Waals surface area contributed by atoms with Crippen LogP contribution in [0.2, 0.25) is 0 Å². The molecule has 0 saturated carbocycles. The van der Waals surface area contributed by atoms with E-state index in [9.17, 15) is 39.0 Å². The van der Waals surface area contributed by atoms with E-state index in [-0.39, 0.29) is 49.7 Å². The average Bonchev–Trinajstić information content (AvgIpc) is 2.90. The van der Waals surface area contributed by atoms with E-state index in [0.717, 1.165) is 21.6 Å². The smallest absolute Gasteiger partial charge is 0.326 e. The largest absolute Gasteiger partial charge is 0.481 e. The molecule has 0 aliphatic rings. The number of aliphatic carboxylic acids is 4. The zero-order valence-electron chi connectivity index (χ0n) is 21.1. The molecule has 0 spiro atoms. The van der Waals surface area contributed by atoms with Gasteiger partial charge in [0.1, 0.15) is 12.1 Å². The number of carboxylic acid groups (broad SMARTS) is 4. The maximum atomic E-state index is 12.9. The molecule has 2 aromatic rings. The topological polar surface area (TPSA) is 207 Å². The first-order valence-electron chi connectivity index (χ1n) is 12.0. The van der Waals surface area contributed by atoms with E-state index in [1.165, 1.54) is 12.1 Å². The molecule has 0 bridgehead atoms. The maximum Gasteiger partial charge on any atom is 0.326 e. The van der Waals surface area contributed by atoms with Gasteiger partial charge in [-0.05, 0) is 49.9 Å². The molecule has 2 aromatic carbocycles. The van der Waals surface area contributed by atoms with E-state index >= 15 is 0 Å². The Labute approximate surface area is 236 Å². The van der Waals surface area contributed by atoms with Gasteiger partial charge >= 0.3 is 23.9 Å². The molecule has 214 valence electrons. The molecule has 0 fully saturated rings. The van der Waals surface area contributed by atoms with Crippen LogP contribution in [0.25, 0.3) is 0 Å². The quantitative estimate of drug-likeness (QED) is 0.146. The summed E-state index contributed by atoms with van der Waals surface area (Å²) in [6, 6.07) is 10.3. The first kappa shape index (κ1) is 32.2. The van der Waals surface area contributed by atoms with Gasteiger partial charge < -0.3 is 31.1 Å². The molecule has 6 N–H and O–H groups in total. The highest BCUT2D eigenvalue weighted by Crippen LogP contribution is 2.40. The molecule has 40 heavy (non-hydrogen) atoms. The van der Waals surface area contributed by atoms with E-state index < -0.39 is 47.8 Å². The highest BCUT2D eigenvalue weighted by atomic mass is 33.1. The summed E-state index contributed by atoms with van der Waals surface area (Å²) in [7, 11) is 2.26. The molecule has 0 heterocycles. The van der Waals surface area contributed by atoms with Crippen LogP contribution in [0, 0.1) is 0 Å². The summed E-state index contributed by atoms with van der Waals surface area (Å²) in [5.41, 5.74) is 0.353. The molecule has 14 heteroatoms. The van der Waals surface area contributed by atoms with E-state index in [4.69, 9.17) is 10.2 Å². The van der Waals surface area contributed by atoms with Crippen molar-refractivity contribution in [2.24, 2.45) is 0 Å². The Kier molecular flexibility index (Phi) is 13.0. The summed E-state index contributed by atoms with van der Waals surface area (Å²) in [6.07, 6.45) is -0.447. The lowest BCUT2D eigenvalue weighted by atomic mass is 10.1. The van der Waals surface area contributed by atoms with Crippen molar-refractivity contribution in [1.82, 2.24) is 10.6 Å². The van der Waals surface area contributed by atoms with Crippen molar-refractivity contribution in [1.29, 1.82) is 0 Å². The molecule has 2 unspecified atom stereocenters. The Morgan fingerprint density at radius 1 is 0.600 bits per heavy atom. The molecule has 12 nitrogen and oxygen atoms in total. The van der Waals surface area contributed by atoms with Crippen molar-refractivity contribution < 1.29 is 49.2 Å². The molecular weight excluding hydrogens is 564 g/mol. The van der Waals surface area contributed by atoms with E-state index in [1.807, 2.05) is 0 Å². The van der Waals surface area contributed by atoms with Gasteiger partial charge in [0.2, 0.25) is 0 Å². The average molecular weight is 593 g/mol. The highest BCUT2D eigenvalue weighted by molar-refractivity contribution is 8.76. The Morgan fingerprint density at radius 2 is 0.950 bits per heavy atom. The number of amides is 2. The van der Waals surface area contributed by atoms with E-state index in [2.05, 4.69) is 10.6 Å². The van der Waals surface area contributed by atoms with Crippen molar-refractivity contribution in [2.75, 3.05) is 0 Å². The summed E-state index contributed by atoms with van der Waals surface area (Å²) in [5, 5.41) is 41.3. The van der Waals surface area contributed by atoms with Crippen molar-refractivity contribution >= 4 is 57.3 Å². The fraction of sp³-hybridized carbons (Fsp3) is 0.308. The minimum absolute atomic E-state index is 0.0619. The van der Waals surface area contributed by atoms with Crippen LogP contribution >= 0.6 is 21.6 Å². The van der Waals surface area contributed by atoms with Gasteiger partial charge in [-0.25, -0.2) is 9.59 Å². The molecule has 0 radical (unpaired) electrons. The molecule has 2 atom stereocenters. The molecule has 2 rings (SSSR count). The third kappa shape index (κ3) is 10.6. The van der Waals surface area contributed by atoms with Crippen LogP contribution in [0.15, 0.2) is 58.3 Å². The second-order valence-electron chi connectivity index (χ2n) is 8.46. The van der Waals surface area contributed by atoms with Crippen LogP contribution in [0.5, 0.6) is 0 Å². The third-order valence-corrected chi connectivity index (χ3v) is 7.94. The molecule has 0 aliphatic carbocycles. The normalized spacial score (nSPS) is 12.1. The number of hydrogen-bond acceptors (Lipinski definition) is 8. The maximum absolute atomic E-state index is 12.9. The number of hydrogen-bond donors (Lipinski definition) is 6. The number of benzene rings is 2. The lowest BCUT2D eigenvalue weighted by Crippen LogP contribution is -2.41. The van der Waals surface area contributed by atoms with Crippen molar-refractivity contribution in [3.05, 3.63) is 59.7 Å². The van der Waals surface area contributed by atoms with Crippen LogP contribution in [0.3, 0.4) is 0 Å². The highest BCUT2D eigenvalue weighted by Gasteiger charge is 2.24. The second-order valence-corrected chi connectivity index (χ2v) is 10.7. The minimum Gasteiger partial charge on any atom is -0.481 e. The molecule has 0 aromatic heterocycles. The fourth-order valence-corrected chi connectivity index (χ4v) is 5.80. The Bertz CT molecular complexity index is 1160. The Hall–Kier alpha value is -4.04.